The van der Waals surface area contributed by atoms with Crippen molar-refractivity contribution >= 4 is 5.70 Å². The number of rotatable bonds is 6. The number of halogens is 1. The van der Waals surface area contributed by atoms with Crippen LogP contribution in [0.15, 0.2) is 67.5 Å². The van der Waals surface area contributed by atoms with Crippen LogP contribution in [0.5, 0.6) is 5.75 Å². The maximum atomic E-state index is 12.3. The fraction of sp³-hybridized carbons (Fsp3) is 0.250. The lowest BCUT2D eigenvalue weighted by Crippen LogP contribution is -2.22. The van der Waals surface area contributed by atoms with Gasteiger partial charge in [-0.05, 0) is 53.8 Å². The highest BCUT2D eigenvalue weighted by Crippen LogP contribution is 2.32. The number of alkyl halides is 1. The maximum Gasteiger partial charge on any atom is 0.147 e. The molecular weight excluding hydrogens is 365 g/mol. The third-order valence-corrected chi connectivity index (χ3v) is 5.16. The first-order chi connectivity index (χ1) is 14.2. The van der Waals surface area contributed by atoms with Gasteiger partial charge in [0.15, 0.2) is 0 Å². The highest BCUT2D eigenvalue weighted by Gasteiger charge is 2.19. The van der Waals surface area contributed by atoms with E-state index in [1.807, 2.05) is 30.3 Å². The molecule has 2 heterocycles. The van der Waals surface area contributed by atoms with Crippen LogP contribution in [0.25, 0.3) is 16.8 Å². The summed E-state index contributed by atoms with van der Waals surface area (Å²) >= 11 is 0. The van der Waals surface area contributed by atoms with Crippen molar-refractivity contribution in [2.24, 2.45) is 0 Å². The van der Waals surface area contributed by atoms with Gasteiger partial charge in [0, 0.05) is 30.2 Å². The number of nitrogens with zero attached hydrogens (tertiary/aromatic N) is 3. The standard InChI is InChI=1S/C24H24FN3O/c1-18-23-16-21(19-7-9-22(10-8-19)29-15-11-25)6-5-20(23)4-2-14-28(18)17-24-26-12-3-13-27-24/h3,5-10,12-13,16H,1-2,4,11,14-15,17H2. The van der Waals surface area contributed by atoms with E-state index in [0.717, 1.165) is 42.0 Å². The summed E-state index contributed by atoms with van der Waals surface area (Å²) in [4.78, 5) is 11.0. The normalized spacial score (nSPS) is 13.7. The first-order valence-corrected chi connectivity index (χ1v) is 9.87. The van der Waals surface area contributed by atoms with E-state index in [0.29, 0.717) is 12.3 Å². The third-order valence-electron chi connectivity index (χ3n) is 5.16. The fourth-order valence-corrected chi connectivity index (χ4v) is 3.67. The van der Waals surface area contributed by atoms with Crippen molar-refractivity contribution in [2.45, 2.75) is 19.4 Å². The number of benzene rings is 2. The molecule has 4 rings (SSSR count). The van der Waals surface area contributed by atoms with Crippen molar-refractivity contribution in [3.63, 3.8) is 0 Å². The van der Waals surface area contributed by atoms with Crippen molar-refractivity contribution in [2.75, 3.05) is 19.8 Å². The Kier molecular flexibility index (Phi) is 5.84. The number of aryl methyl sites for hydroxylation is 1. The molecule has 0 radical (unpaired) electrons. The average Bonchev–Trinajstić information content (AvgIpc) is 2.92. The van der Waals surface area contributed by atoms with Crippen LogP contribution in [-0.4, -0.2) is 34.7 Å². The molecular formula is C24H24FN3O. The Bertz CT molecular complexity index is 973. The van der Waals surface area contributed by atoms with Gasteiger partial charge in [0.1, 0.15) is 24.9 Å². The van der Waals surface area contributed by atoms with Crippen molar-refractivity contribution in [1.82, 2.24) is 14.9 Å². The molecule has 0 saturated carbocycles. The highest BCUT2D eigenvalue weighted by molar-refractivity contribution is 5.74. The van der Waals surface area contributed by atoms with Crippen molar-refractivity contribution < 1.29 is 9.13 Å². The Hall–Kier alpha value is -3.21. The van der Waals surface area contributed by atoms with Crippen molar-refractivity contribution in [1.29, 1.82) is 0 Å². The number of hydrogen-bond donors (Lipinski definition) is 0. The van der Waals surface area contributed by atoms with Gasteiger partial charge in [-0.15, -0.1) is 0 Å². The summed E-state index contributed by atoms with van der Waals surface area (Å²) in [7, 11) is 0. The minimum absolute atomic E-state index is 0.0823. The monoisotopic (exact) mass is 389 g/mol. The first kappa shape index (κ1) is 19.1. The van der Waals surface area contributed by atoms with Gasteiger partial charge in [0.2, 0.25) is 0 Å². The zero-order valence-electron chi connectivity index (χ0n) is 16.4. The molecule has 5 heteroatoms. The minimum Gasteiger partial charge on any atom is -0.491 e. The van der Waals surface area contributed by atoms with E-state index in [4.69, 9.17) is 4.74 Å². The highest BCUT2D eigenvalue weighted by atomic mass is 19.1. The Labute approximate surface area is 170 Å². The molecule has 1 aliphatic rings. The molecule has 0 atom stereocenters. The van der Waals surface area contributed by atoms with E-state index >= 15 is 0 Å². The maximum absolute atomic E-state index is 12.3. The van der Waals surface area contributed by atoms with Gasteiger partial charge in [-0.2, -0.15) is 0 Å². The zero-order valence-corrected chi connectivity index (χ0v) is 16.4. The Balaban J connectivity index is 1.58. The molecule has 0 unspecified atom stereocenters. The second-order valence-electron chi connectivity index (χ2n) is 7.07. The van der Waals surface area contributed by atoms with Gasteiger partial charge in [0.25, 0.3) is 0 Å². The summed E-state index contributed by atoms with van der Waals surface area (Å²) in [6.07, 6.45) is 5.64. The summed E-state index contributed by atoms with van der Waals surface area (Å²) in [6, 6.07) is 16.2. The Morgan fingerprint density at radius 1 is 1.03 bits per heavy atom. The van der Waals surface area contributed by atoms with Crippen LogP contribution in [0.1, 0.15) is 23.4 Å². The first-order valence-electron chi connectivity index (χ1n) is 9.87. The van der Waals surface area contributed by atoms with Crippen LogP contribution in [0.3, 0.4) is 0 Å². The lowest BCUT2D eigenvalue weighted by molar-refractivity contribution is 0.273. The van der Waals surface area contributed by atoms with Crippen LogP contribution in [-0.2, 0) is 13.0 Å². The molecule has 1 aromatic heterocycles. The molecule has 1 aliphatic heterocycles. The van der Waals surface area contributed by atoms with E-state index in [2.05, 4.69) is 39.6 Å². The molecule has 0 aliphatic carbocycles. The molecule has 0 bridgehead atoms. The van der Waals surface area contributed by atoms with Crippen LogP contribution in [0.4, 0.5) is 4.39 Å². The van der Waals surface area contributed by atoms with E-state index in [-0.39, 0.29) is 6.61 Å². The lowest BCUT2D eigenvalue weighted by atomic mass is 9.96. The summed E-state index contributed by atoms with van der Waals surface area (Å²) in [5.74, 6) is 1.48. The van der Waals surface area contributed by atoms with Crippen LogP contribution in [0.2, 0.25) is 0 Å². The number of fused-ring (bicyclic) bond motifs is 1. The van der Waals surface area contributed by atoms with Crippen LogP contribution >= 0.6 is 0 Å². The molecule has 29 heavy (non-hydrogen) atoms. The van der Waals surface area contributed by atoms with E-state index < -0.39 is 6.67 Å². The number of aromatic nitrogens is 2. The van der Waals surface area contributed by atoms with Gasteiger partial charge >= 0.3 is 0 Å². The summed E-state index contributed by atoms with van der Waals surface area (Å²) in [6.45, 7) is 5.57. The lowest BCUT2D eigenvalue weighted by Gasteiger charge is -2.24. The van der Waals surface area contributed by atoms with E-state index in [1.54, 1.807) is 12.4 Å². The average molecular weight is 389 g/mol. The molecule has 148 valence electrons. The van der Waals surface area contributed by atoms with Gasteiger partial charge in [-0.3, -0.25) is 0 Å². The summed E-state index contributed by atoms with van der Waals surface area (Å²) in [5, 5.41) is 0. The largest absolute Gasteiger partial charge is 0.491 e. The van der Waals surface area contributed by atoms with Crippen LogP contribution in [0, 0.1) is 0 Å². The molecule has 0 fully saturated rings. The quantitative estimate of drug-likeness (QED) is 0.600. The second-order valence-corrected chi connectivity index (χ2v) is 7.07. The topological polar surface area (TPSA) is 38.2 Å². The Morgan fingerprint density at radius 3 is 2.55 bits per heavy atom. The van der Waals surface area contributed by atoms with Crippen molar-refractivity contribution in [3.8, 4) is 16.9 Å². The number of hydrogen-bond acceptors (Lipinski definition) is 4. The Morgan fingerprint density at radius 2 is 1.79 bits per heavy atom. The van der Waals surface area contributed by atoms with E-state index in [9.17, 15) is 4.39 Å². The smallest absolute Gasteiger partial charge is 0.147 e. The molecule has 0 N–H and O–H groups in total. The second kappa shape index (κ2) is 8.86. The SMILES string of the molecule is C=C1c2cc(-c3ccc(OCCF)cc3)ccc2CCCN1Cc1ncccn1. The van der Waals surface area contributed by atoms with Gasteiger partial charge in [-0.1, -0.05) is 30.8 Å². The van der Waals surface area contributed by atoms with E-state index in [1.165, 1.54) is 11.1 Å². The van der Waals surface area contributed by atoms with Gasteiger partial charge in [0.05, 0.1) is 6.54 Å². The third kappa shape index (κ3) is 4.45. The van der Waals surface area contributed by atoms with Gasteiger partial charge < -0.3 is 9.64 Å². The summed E-state index contributed by atoms with van der Waals surface area (Å²) < 4.78 is 17.6. The molecule has 0 spiro atoms. The van der Waals surface area contributed by atoms with Crippen molar-refractivity contribution in [3.05, 3.63) is 84.5 Å². The molecule has 0 saturated heterocycles. The zero-order chi connectivity index (χ0) is 20.1. The minimum atomic E-state index is -0.487. The molecule has 0 amide bonds. The predicted molar refractivity (Wildman–Crippen MR) is 113 cm³/mol. The molecule has 2 aromatic carbocycles. The predicted octanol–water partition coefficient (Wildman–Crippen LogP) is 4.91. The van der Waals surface area contributed by atoms with Gasteiger partial charge in [-0.25, -0.2) is 14.4 Å². The summed E-state index contributed by atoms with van der Waals surface area (Å²) in [5.41, 5.74) is 5.72. The molecule has 3 aromatic rings. The molecule has 4 nitrogen and oxygen atoms in total. The fourth-order valence-electron chi connectivity index (χ4n) is 3.67. The van der Waals surface area contributed by atoms with Crippen LogP contribution < -0.4 is 4.74 Å². The number of ether oxygens (including phenoxy) is 1.